The molecule has 2 heterocycles. The smallest absolute Gasteiger partial charge is 0.306 e. The summed E-state index contributed by atoms with van der Waals surface area (Å²) in [6.07, 6.45) is 2.86. The number of rotatable bonds is 4. The van der Waals surface area contributed by atoms with Crippen LogP contribution in [0, 0.1) is 5.92 Å². The summed E-state index contributed by atoms with van der Waals surface area (Å²) in [6, 6.07) is 1.80. The minimum absolute atomic E-state index is 0.0190. The van der Waals surface area contributed by atoms with Crippen LogP contribution in [0.15, 0.2) is 12.3 Å². The van der Waals surface area contributed by atoms with E-state index in [1.807, 2.05) is 7.05 Å². The molecule has 1 aliphatic rings. The van der Waals surface area contributed by atoms with E-state index < -0.39 is 5.97 Å². The van der Waals surface area contributed by atoms with Gasteiger partial charge in [0.25, 0.3) is 0 Å². The molecule has 0 atom stereocenters. The number of nitrogens with one attached hydrogen (secondary N) is 1. The fraction of sp³-hybridized carbons (Fsp3) is 0.583. The van der Waals surface area contributed by atoms with Crippen molar-refractivity contribution in [3.63, 3.8) is 0 Å². The van der Waals surface area contributed by atoms with Gasteiger partial charge in [-0.1, -0.05) is 0 Å². The van der Waals surface area contributed by atoms with Gasteiger partial charge in [0.15, 0.2) is 0 Å². The van der Waals surface area contributed by atoms with Crippen LogP contribution >= 0.6 is 0 Å². The van der Waals surface area contributed by atoms with Crippen LogP contribution in [0.5, 0.6) is 0 Å². The third-order valence-electron chi connectivity index (χ3n) is 3.33. The lowest BCUT2D eigenvalue weighted by Crippen LogP contribution is -2.42. The van der Waals surface area contributed by atoms with Gasteiger partial charge in [-0.3, -0.25) is 14.3 Å². The number of likely N-dealkylation sites (tertiary alicyclic amines) is 1. The second-order valence-corrected chi connectivity index (χ2v) is 4.72. The fourth-order valence-electron chi connectivity index (χ4n) is 2.16. The number of hydrogen-bond acceptors (Lipinski definition) is 4. The zero-order chi connectivity index (χ0) is 13.8. The van der Waals surface area contributed by atoms with Crippen molar-refractivity contribution in [2.24, 2.45) is 13.0 Å². The number of carboxylic acid groups (broad SMARTS) is 1. The molecule has 2 rings (SSSR count). The van der Waals surface area contributed by atoms with E-state index in [2.05, 4.69) is 10.4 Å². The quantitative estimate of drug-likeness (QED) is 0.810. The van der Waals surface area contributed by atoms with E-state index in [0.29, 0.717) is 31.7 Å². The molecule has 0 saturated carbocycles. The highest BCUT2D eigenvalue weighted by atomic mass is 16.4. The van der Waals surface area contributed by atoms with Crippen molar-refractivity contribution in [3.05, 3.63) is 12.3 Å². The summed E-state index contributed by atoms with van der Waals surface area (Å²) in [5.41, 5.74) is 0. The summed E-state index contributed by atoms with van der Waals surface area (Å²) in [7, 11) is 1.81. The van der Waals surface area contributed by atoms with Crippen molar-refractivity contribution < 1.29 is 14.7 Å². The summed E-state index contributed by atoms with van der Waals surface area (Å²) in [5.74, 6) is -0.433. The van der Waals surface area contributed by atoms with Crippen LogP contribution in [0.4, 0.5) is 5.82 Å². The molecule has 0 aromatic carbocycles. The molecule has 104 valence electrons. The second-order valence-electron chi connectivity index (χ2n) is 4.72. The summed E-state index contributed by atoms with van der Waals surface area (Å²) in [4.78, 5) is 24.5. The van der Waals surface area contributed by atoms with Crippen molar-refractivity contribution in [2.45, 2.75) is 12.8 Å². The van der Waals surface area contributed by atoms with Crippen molar-refractivity contribution in [2.75, 3.05) is 25.0 Å². The molecule has 1 aliphatic heterocycles. The van der Waals surface area contributed by atoms with Crippen LogP contribution in [0.3, 0.4) is 0 Å². The lowest BCUT2D eigenvalue weighted by atomic mass is 9.97. The van der Waals surface area contributed by atoms with E-state index in [1.165, 1.54) is 0 Å². The number of amides is 1. The molecule has 1 aromatic rings. The standard InChI is InChI=1S/C12H18N4O3/c1-15-5-4-10(14-15)13-8-11(17)16-6-2-9(3-7-16)12(18)19/h4-5,9H,2-3,6-8H2,1H3,(H,13,14)(H,18,19). The van der Waals surface area contributed by atoms with Crippen LogP contribution in [0.1, 0.15) is 12.8 Å². The van der Waals surface area contributed by atoms with E-state index >= 15 is 0 Å². The first-order chi connectivity index (χ1) is 9.06. The van der Waals surface area contributed by atoms with Gasteiger partial charge >= 0.3 is 5.97 Å². The maximum atomic E-state index is 11.9. The van der Waals surface area contributed by atoms with Crippen LogP contribution in [-0.4, -0.2) is 51.3 Å². The number of carboxylic acids is 1. The molecule has 0 bridgehead atoms. The Bertz CT molecular complexity index is 463. The Balaban J connectivity index is 1.77. The minimum Gasteiger partial charge on any atom is -0.481 e. The molecule has 2 N–H and O–H groups in total. The van der Waals surface area contributed by atoms with Gasteiger partial charge in [0.05, 0.1) is 12.5 Å². The zero-order valence-corrected chi connectivity index (χ0v) is 10.9. The van der Waals surface area contributed by atoms with Crippen LogP contribution in [-0.2, 0) is 16.6 Å². The molecule has 1 fully saturated rings. The first kappa shape index (κ1) is 13.4. The van der Waals surface area contributed by atoms with Crippen LogP contribution in [0.2, 0.25) is 0 Å². The van der Waals surface area contributed by atoms with Gasteiger partial charge in [-0.2, -0.15) is 5.10 Å². The number of piperidine rings is 1. The SMILES string of the molecule is Cn1ccc(NCC(=O)N2CCC(C(=O)O)CC2)n1. The molecule has 0 radical (unpaired) electrons. The topological polar surface area (TPSA) is 87.5 Å². The zero-order valence-electron chi connectivity index (χ0n) is 10.9. The summed E-state index contributed by atoms with van der Waals surface area (Å²) < 4.78 is 1.66. The molecule has 0 spiro atoms. The van der Waals surface area contributed by atoms with Gasteiger partial charge in [0, 0.05) is 32.4 Å². The number of carbonyl (C=O) groups excluding carboxylic acids is 1. The third kappa shape index (κ3) is 3.46. The van der Waals surface area contributed by atoms with Crippen LogP contribution in [0.25, 0.3) is 0 Å². The first-order valence-corrected chi connectivity index (χ1v) is 6.30. The Hall–Kier alpha value is -2.05. The van der Waals surface area contributed by atoms with Gasteiger partial charge in [0.1, 0.15) is 5.82 Å². The van der Waals surface area contributed by atoms with Crippen LogP contribution < -0.4 is 5.32 Å². The Labute approximate surface area is 111 Å². The molecule has 7 heteroatoms. The Morgan fingerprint density at radius 3 is 2.68 bits per heavy atom. The van der Waals surface area contributed by atoms with E-state index in [-0.39, 0.29) is 18.4 Å². The highest BCUT2D eigenvalue weighted by molar-refractivity contribution is 5.81. The highest BCUT2D eigenvalue weighted by Gasteiger charge is 2.26. The first-order valence-electron chi connectivity index (χ1n) is 6.30. The predicted molar refractivity (Wildman–Crippen MR) is 68.6 cm³/mol. The molecule has 7 nitrogen and oxygen atoms in total. The molecule has 1 amide bonds. The third-order valence-corrected chi connectivity index (χ3v) is 3.33. The average molecular weight is 266 g/mol. The molecule has 0 aliphatic carbocycles. The monoisotopic (exact) mass is 266 g/mol. The molecule has 1 aromatic heterocycles. The maximum absolute atomic E-state index is 11.9. The largest absolute Gasteiger partial charge is 0.481 e. The van der Waals surface area contributed by atoms with Gasteiger partial charge in [-0.25, -0.2) is 0 Å². The highest BCUT2D eigenvalue weighted by Crippen LogP contribution is 2.17. The summed E-state index contributed by atoms with van der Waals surface area (Å²) in [6.45, 7) is 1.22. The second kappa shape index (κ2) is 5.73. The molecule has 1 saturated heterocycles. The van der Waals surface area contributed by atoms with Gasteiger partial charge < -0.3 is 15.3 Å². The number of aryl methyl sites for hydroxylation is 1. The number of nitrogens with zero attached hydrogens (tertiary/aromatic N) is 3. The number of hydrogen-bond donors (Lipinski definition) is 2. The fourth-order valence-corrected chi connectivity index (χ4v) is 2.16. The Morgan fingerprint density at radius 2 is 2.16 bits per heavy atom. The predicted octanol–water partition coefficient (Wildman–Crippen LogP) is 0.155. The van der Waals surface area contributed by atoms with Gasteiger partial charge in [0.2, 0.25) is 5.91 Å². The van der Waals surface area contributed by atoms with Crippen molar-refractivity contribution in [3.8, 4) is 0 Å². The lowest BCUT2D eigenvalue weighted by molar-refractivity contribution is -0.145. The molecule has 0 unspecified atom stereocenters. The number of aromatic nitrogens is 2. The van der Waals surface area contributed by atoms with E-state index in [9.17, 15) is 9.59 Å². The van der Waals surface area contributed by atoms with Crippen molar-refractivity contribution >= 4 is 17.7 Å². The Kier molecular flexibility index (Phi) is 4.03. The summed E-state index contributed by atoms with van der Waals surface area (Å²) in [5, 5.41) is 16.0. The number of aliphatic carboxylic acids is 1. The average Bonchev–Trinajstić information content (AvgIpc) is 2.82. The molecule has 19 heavy (non-hydrogen) atoms. The van der Waals surface area contributed by atoms with Crippen molar-refractivity contribution in [1.29, 1.82) is 0 Å². The van der Waals surface area contributed by atoms with Crippen molar-refractivity contribution in [1.82, 2.24) is 14.7 Å². The van der Waals surface area contributed by atoms with E-state index in [0.717, 1.165) is 0 Å². The summed E-state index contributed by atoms with van der Waals surface area (Å²) >= 11 is 0. The molecular formula is C12H18N4O3. The maximum Gasteiger partial charge on any atom is 0.306 e. The van der Waals surface area contributed by atoms with Gasteiger partial charge in [-0.15, -0.1) is 0 Å². The van der Waals surface area contributed by atoms with E-state index in [4.69, 9.17) is 5.11 Å². The van der Waals surface area contributed by atoms with E-state index in [1.54, 1.807) is 21.8 Å². The van der Waals surface area contributed by atoms with Gasteiger partial charge in [-0.05, 0) is 12.8 Å². The normalized spacial score (nSPS) is 16.4. The molecular weight excluding hydrogens is 248 g/mol. The Morgan fingerprint density at radius 1 is 1.47 bits per heavy atom. The minimum atomic E-state index is -0.765. The lowest BCUT2D eigenvalue weighted by Gasteiger charge is -2.30. The number of anilines is 1. The number of carbonyl (C=O) groups is 2.